The first-order chi connectivity index (χ1) is 12.0. The van der Waals surface area contributed by atoms with Crippen molar-refractivity contribution in [3.8, 4) is 0 Å². The minimum Gasteiger partial charge on any atom is -0.394 e. The molecule has 1 aromatic carbocycles. The van der Waals surface area contributed by atoms with Crippen molar-refractivity contribution in [3.63, 3.8) is 0 Å². The third kappa shape index (κ3) is 4.84. The third-order valence-corrected chi connectivity index (χ3v) is 4.25. The van der Waals surface area contributed by atoms with Gasteiger partial charge in [0.25, 0.3) is 5.56 Å². The Morgan fingerprint density at radius 1 is 1.32 bits per heavy atom. The number of aliphatic hydroxyl groups is 1. The van der Waals surface area contributed by atoms with Crippen molar-refractivity contribution in [2.45, 2.75) is 19.9 Å². The number of hydrogen-bond donors (Lipinski definition) is 1. The minimum atomic E-state index is -0.414. The maximum atomic E-state index is 14.2. The monoisotopic (exact) mass is 411 g/mol. The summed E-state index contributed by atoms with van der Waals surface area (Å²) in [7, 11) is 0. The molecule has 0 amide bonds. The summed E-state index contributed by atoms with van der Waals surface area (Å²) in [6, 6.07) is 7.45. The molecule has 0 aliphatic rings. The zero-order valence-corrected chi connectivity index (χ0v) is 15.4. The van der Waals surface area contributed by atoms with E-state index < -0.39 is 5.82 Å². The van der Waals surface area contributed by atoms with E-state index >= 15 is 0 Å². The molecule has 0 bridgehead atoms. The molecular formula is C18H19BrFNO4. The lowest BCUT2D eigenvalue weighted by Gasteiger charge is -2.16. The summed E-state index contributed by atoms with van der Waals surface area (Å²) >= 11 is 3.21. The number of carbonyl (C=O) groups is 1. The highest BCUT2D eigenvalue weighted by atomic mass is 79.9. The van der Waals surface area contributed by atoms with Crippen LogP contribution in [0.2, 0.25) is 0 Å². The molecule has 0 spiro atoms. The smallest absolute Gasteiger partial charge is 0.250 e. The lowest BCUT2D eigenvalue weighted by atomic mass is 10.0. The summed E-state index contributed by atoms with van der Waals surface area (Å²) in [6.45, 7) is 1.82. The molecule has 0 aliphatic carbocycles. The van der Waals surface area contributed by atoms with E-state index in [1.165, 1.54) is 22.8 Å². The van der Waals surface area contributed by atoms with E-state index in [0.29, 0.717) is 27.8 Å². The number of ketones is 1. The minimum absolute atomic E-state index is 0.0514. The van der Waals surface area contributed by atoms with E-state index in [0.717, 1.165) is 0 Å². The zero-order valence-electron chi connectivity index (χ0n) is 13.8. The second kappa shape index (κ2) is 9.03. The van der Waals surface area contributed by atoms with Gasteiger partial charge in [0.15, 0.2) is 5.78 Å². The van der Waals surface area contributed by atoms with Crippen LogP contribution in [0.1, 0.15) is 28.5 Å². The van der Waals surface area contributed by atoms with Crippen molar-refractivity contribution in [2.75, 3.05) is 19.8 Å². The summed E-state index contributed by atoms with van der Waals surface area (Å²) in [4.78, 5) is 24.5. The molecule has 1 aromatic heterocycles. The van der Waals surface area contributed by atoms with Crippen molar-refractivity contribution in [2.24, 2.45) is 0 Å². The Morgan fingerprint density at radius 3 is 2.72 bits per heavy atom. The van der Waals surface area contributed by atoms with E-state index in [1.807, 2.05) is 0 Å². The Labute approximate surface area is 153 Å². The van der Waals surface area contributed by atoms with Crippen LogP contribution in [0.25, 0.3) is 0 Å². The standard InChI is InChI=1S/C18H19BrFNO4/c1-2-21-16(9-12-3-4-13(19)10-15(12)20)14(5-6-18(21)24)17(23)11-25-8-7-22/h3-6,10,22H,2,7-9,11H2,1H3. The Bertz CT molecular complexity index is 819. The van der Waals surface area contributed by atoms with Crippen LogP contribution in [0.15, 0.2) is 39.6 Å². The normalized spacial score (nSPS) is 10.9. The first-order valence-electron chi connectivity index (χ1n) is 7.86. The van der Waals surface area contributed by atoms with Gasteiger partial charge in [0.1, 0.15) is 12.4 Å². The van der Waals surface area contributed by atoms with Gasteiger partial charge in [-0.2, -0.15) is 0 Å². The van der Waals surface area contributed by atoms with Gasteiger partial charge >= 0.3 is 0 Å². The summed E-state index contributed by atoms with van der Waals surface area (Å²) in [5, 5.41) is 8.74. The van der Waals surface area contributed by atoms with E-state index in [2.05, 4.69) is 15.9 Å². The molecule has 0 atom stereocenters. The number of aliphatic hydroxyl groups excluding tert-OH is 1. The van der Waals surface area contributed by atoms with Crippen LogP contribution < -0.4 is 5.56 Å². The third-order valence-electron chi connectivity index (χ3n) is 3.75. The van der Waals surface area contributed by atoms with Gasteiger partial charge in [0.05, 0.1) is 13.2 Å². The molecule has 1 N–H and O–H groups in total. The lowest BCUT2D eigenvalue weighted by molar-refractivity contribution is 0.0662. The van der Waals surface area contributed by atoms with Gasteiger partial charge < -0.3 is 14.4 Å². The number of aromatic nitrogens is 1. The van der Waals surface area contributed by atoms with E-state index in [1.54, 1.807) is 19.1 Å². The van der Waals surface area contributed by atoms with Gasteiger partial charge in [-0.3, -0.25) is 9.59 Å². The lowest BCUT2D eigenvalue weighted by Crippen LogP contribution is -2.26. The van der Waals surface area contributed by atoms with Gasteiger partial charge in [-0.25, -0.2) is 4.39 Å². The Balaban J connectivity index is 2.44. The van der Waals surface area contributed by atoms with Crippen LogP contribution in [0, 0.1) is 5.82 Å². The molecule has 25 heavy (non-hydrogen) atoms. The second-order valence-corrected chi connectivity index (χ2v) is 6.30. The predicted molar refractivity (Wildman–Crippen MR) is 95.5 cm³/mol. The first kappa shape index (κ1) is 19.5. The summed E-state index contributed by atoms with van der Waals surface area (Å²) in [5.74, 6) is -0.730. The second-order valence-electron chi connectivity index (χ2n) is 5.39. The van der Waals surface area contributed by atoms with Crippen LogP contribution in [0.5, 0.6) is 0 Å². The number of rotatable bonds is 8. The molecule has 134 valence electrons. The first-order valence-corrected chi connectivity index (χ1v) is 8.65. The van der Waals surface area contributed by atoms with Crippen LogP contribution in [-0.4, -0.2) is 35.3 Å². The SMILES string of the molecule is CCn1c(Cc2ccc(Br)cc2F)c(C(=O)COCCO)ccc1=O. The molecule has 0 saturated heterocycles. The zero-order chi connectivity index (χ0) is 18.4. The number of carbonyl (C=O) groups excluding carboxylic acids is 1. The molecule has 0 fully saturated rings. The van der Waals surface area contributed by atoms with Crippen LogP contribution in [0.4, 0.5) is 4.39 Å². The largest absolute Gasteiger partial charge is 0.394 e. The number of nitrogens with zero attached hydrogens (tertiary/aromatic N) is 1. The fourth-order valence-corrected chi connectivity index (χ4v) is 2.90. The van der Waals surface area contributed by atoms with Gasteiger partial charge in [-0.05, 0) is 30.7 Å². The molecule has 7 heteroatoms. The maximum absolute atomic E-state index is 14.2. The van der Waals surface area contributed by atoms with Crippen molar-refractivity contribution in [1.29, 1.82) is 0 Å². The van der Waals surface area contributed by atoms with Gasteiger partial charge in [-0.15, -0.1) is 0 Å². The molecule has 0 saturated carbocycles. The van der Waals surface area contributed by atoms with Crippen molar-refractivity contribution in [3.05, 3.63) is 67.8 Å². The molecule has 2 aromatic rings. The van der Waals surface area contributed by atoms with Gasteiger partial charge in [0, 0.05) is 34.8 Å². The van der Waals surface area contributed by atoms with Crippen molar-refractivity contribution < 1.29 is 19.0 Å². The molecular weight excluding hydrogens is 393 g/mol. The molecule has 1 heterocycles. The number of halogens is 2. The Morgan fingerprint density at radius 2 is 2.08 bits per heavy atom. The Hall–Kier alpha value is -1.83. The van der Waals surface area contributed by atoms with Crippen LogP contribution >= 0.6 is 15.9 Å². The fourth-order valence-electron chi connectivity index (χ4n) is 2.56. The highest BCUT2D eigenvalue weighted by Crippen LogP contribution is 2.20. The van der Waals surface area contributed by atoms with Gasteiger partial charge in [0.2, 0.25) is 0 Å². The highest BCUT2D eigenvalue weighted by Gasteiger charge is 2.18. The average molecular weight is 412 g/mol. The number of ether oxygens (including phenoxy) is 1. The molecule has 0 aliphatic heterocycles. The van der Waals surface area contributed by atoms with Crippen molar-refractivity contribution >= 4 is 21.7 Å². The number of pyridine rings is 1. The maximum Gasteiger partial charge on any atom is 0.250 e. The fraction of sp³-hybridized carbons (Fsp3) is 0.333. The number of Topliss-reactive ketones (excluding diaryl/α,β-unsaturated/α-hetero) is 1. The number of benzene rings is 1. The van der Waals surface area contributed by atoms with Crippen LogP contribution in [0.3, 0.4) is 0 Å². The molecule has 0 radical (unpaired) electrons. The predicted octanol–water partition coefficient (Wildman–Crippen LogP) is 2.55. The van der Waals surface area contributed by atoms with E-state index in [-0.39, 0.29) is 37.6 Å². The highest BCUT2D eigenvalue weighted by molar-refractivity contribution is 9.10. The summed E-state index contributed by atoms with van der Waals surface area (Å²) in [6.07, 6.45) is 0.115. The summed E-state index contributed by atoms with van der Waals surface area (Å²) in [5.41, 5.74) is 0.916. The Kier molecular flexibility index (Phi) is 7.04. The average Bonchev–Trinajstić information content (AvgIpc) is 2.57. The van der Waals surface area contributed by atoms with E-state index in [9.17, 15) is 14.0 Å². The van der Waals surface area contributed by atoms with E-state index in [4.69, 9.17) is 9.84 Å². The molecule has 0 unspecified atom stereocenters. The van der Waals surface area contributed by atoms with Crippen LogP contribution in [-0.2, 0) is 17.7 Å². The quantitative estimate of drug-likeness (QED) is 0.535. The topological polar surface area (TPSA) is 68.5 Å². The van der Waals surface area contributed by atoms with Crippen molar-refractivity contribution in [1.82, 2.24) is 4.57 Å². The number of hydrogen-bond acceptors (Lipinski definition) is 4. The molecule has 5 nitrogen and oxygen atoms in total. The van der Waals surface area contributed by atoms with Gasteiger partial charge in [-0.1, -0.05) is 22.0 Å². The molecule has 2 rings (SSSR count). The summed E-state index contributed by atoms with van der Waals surface area (Å²) < 4.78 is 21.4.